The number of carbonyl (C=O) groups is 1. The lowest BCUT2D eigenvalue weighted by atomic mass is 9.99. The van der Waals surface area contributed by atoms with Crippen LogP contribution in [0.4, 0.5) is 0 Å². The number of carboxylic acid groups (broad SMARTS) is 1. The molecule has 4 nitrogen and oxygen atoms in total. The second kappa shape index (κ2) is 7.11. The van der Waals surface area contributed by atoms with Gasteiger partial charge in [0.15, 0.2) is 0 Å². The molecule has 1 atom stereocenters. The fourth-order valence-electron chi connectivity index (χ4n) is 3.14. The molecule has 2 aromatic rings. The summed E-state index contributed by atoms with van der Waals surface area (Å²) in [6.07, 6.45) is 3.46. The van der Waals surface area contributed by atoms with Crippen LogP contribution in [0.2, 0.25) is 5.02 Å². The van der Waals surface area contributed by atoms with Crippen molar-refractivity contribution in [3.05, 3.63) is 64.4 Å². The van der Waals surface area contributed by atoms with Gasteiger partial charge in [-0.1, -0.05) is 23.7 Å². The Morgan fingerprint density at radius 2 is 2.09 bits per heavy atom. The van der Waals surface area contributed by atoms with Gasteiger partial charge in [-0.3, -0.25) is 9.88 Å². The van der Waals surface area contributed by atoms with E-state index in [4.69, 9.17) is 11.6 Å². The third kappa shape index (κ3) is 4.09. The predicted octanol–water partition coefficient (Wildman–Crippen LogP) is 3.50. The number of benzene rings is 1. The number of aromatic carboxylic acids is 1. The summed E-state index contributed by atoms with van der Waals surface area (Å²) in [5, 5.41) is 10.0. The normalized spacial score (nSPS) is 18.2. The van der Waals surface area contributed by atoms with E-state index in [0.717, 1.165) is 37.5 Å². The molecule has 1 aliphatic heterocycles. The van der Waals surface area contributed by atoms with Crippen LogP contribution >= 0.6 is 11.6 Å². The number of hydrogen-bond acceptors (Lipinski definition) is 3. The molecular formula is C18H19ClN2O2. The average molecular weight is 331 g/mol. The molecule has 1 N–H and O–H groups in total. The van der Waals surface area contributed by atoms with Crippen LogP contribution in [0.15, 0.2) is 42.6 Å². The van der Waals surface area contributed by atoms with Crippen LogP contribution in [0.1, 0.15) is 28.0 Å². The fourth-order valence-corrected chi connectivity index (χ4v) is 3.27. The van der Waals surface area contributed by atoms with E-state index in [1.165, 1.54) is 5.56 Å². The van der Waals surface area contributed by atoms with E-state index < -0.39 is 5.97 Å². The number of nitrogens with zero attached hydrogens (tertiary/aromatic N) is 2. The summed E-state index contributed by atoms with van der Waals surface area (Å²) in [5.41, 5.74) is 2.26. The van der Waals surface area contributed by atoms with Gasteiger partial charge in [0.2, 0.25) is 0 Å². The van der Waals surface area contributed by atoms with E-state index in [1.807, 2.05) is 12.1 Å². The number of halogens is 1. The molecular weight excluding hydrogens is 312 g/mol. The highest BCUT2D eigenvalue weighted by atomic mass is 35.5. The lowest BCUT2D eigenvalue weighted by molar-refractivity contribution is 0.0695. The Kier molecular flexibility index (Phi) is 4.94. The van der Waals surface area contributed by atoms with E-state index in [0.29, 0.717) is 17.2 Å². The van der Waals surface area contributed by atoms with E-state index in [9.17, 15) is 9.90 Å². The van der Waals surface area contributed by atoms with Crippen molar-refractivity contribution in [3.8, 4) is 0 Å². The quantitative estimate of drug-likeness (QED) is 0.911. The second-order valence-electron chi connectivity index (χ2n) is 6.02. The molecule has 1 fully saturated rings. The smallest absolute Gasteiger partial charge is 0.337 e. The van der Waals surface area contributed by atoms with Crippen LogP contribution in [0, 0.1) is 5.92 Å². The van der Waals surface area contributed by atoms with Crippen molar-refractivity contribution in [1.82, 2.24) is 9.88 Å². The largest absolute Gasteiger partial charge is 0.478 e. The Morgan fingerprint density at radius 3 is 2.83 bits per heavy atom. The Labute approximate surface area is 140 Å². The summed E-state index contributed by atoms with van der Waals surface area (Å²) >= 11 is 5.91. The first-order chi connectivity index (χ1) is 11.1. The first kappa shape index (κ1) is 16.0. The lowest BCUT2D eigenvalue weighted by Gasteiger charge is -2.16. The van der Waals surface area contributed by atoms with Crippen molar-refractivity contribution in [2.24, 2.45) is 5.92 Å². The van der Waals surface area contributed by atoms with Gasteiger partial charge in [-0.15, -0.1) is 0 Å². The summed E-state index contributed by atoms with van der Waals surface area (Å²) in [4.78, 5) is 17.9. The number of hydrogen-bond donors (Lipinski definition) is 1. The van der Waals surface area contributed by atoms with Gasteiger partial charge in [0.25, 0.3) is 0 Å². The maximum atomic E-state index is 11.3. The van der Waals surface area contributed by atoms with Crippen molar-refractivity contribution in [1.29, 1.82) is 0 Å². The molecule has 1 aromatic carbocycles. The standard InChI is InChI=1S/C18H19ClN2O2/c19-15-5-3-13(4-6-15)11-21-9-7-14(12-21)10-17-16(18(22)23)2-1-8-20-17/h1-6,8,14H,7,9-12H2,(H,22,23). The molecule has 3 rings (SSSR count). The Hall–Kier alpha value is -1.91. The second-order valence-corrected chi connectivity index (χ2v) is 6.46. The third-order valence-electron chi connectivity index (χ3n) is 4.29. The molecule has 0 saturated carbocycles. The van der Waals surface area contributed by atoms with Crippen LogP contribution in [0.25, 0.3) is 0 Å². The Bertz CT molecular complexity index is 688. The Balaban J connectivity index is 1.60. The SMILES string of the molecule is O=C(O)c1cccnc1CC1CCN(Cc2ccc(Cl)cc2)C1. The molecule has 5 heteroatoms. The molecule has 1 aromatic heterocycles. The van der Waals surface area contributed by atoms with Crippen molar-refractivity contribution in [2.45, 2.75) is 19.4 Å². The summed E-state index contributed by atoms with van der Waals surface area (Å²) in [6, 6.07) is 11.2. The van der Waals surface area contributed by atoms with E-state index in [2.05, 4.69) is 22.0 Å². The monoisotopic (exact) mass is 330 g/mol. The van der Waals surface area contributed by atoms with Gasteiger partial charge in [0.1, 0.15) is 0 Å². The molecule has 0 bridgehead atoms. The average Bonchev–Trinajstić information content (AvgIpc) is 2.97. The van der Waals surface area contributed by atoms with Gasteiger partial charge >= 0.3 is 5.97 Å². The van der Waals surface area contributed by atoms with Gasteiger partial charge in [-0.25, -0.2) is 4.79 Å². The van der Waals surface area contributed by atoms with Gasteiger partial charge < -0.3 is 5.11 Å². The molecule has 1 unspecified atom stereocenters. The van der Waals surface area contributed by atoms with Crippen LogP contribution in [-0.2, 0) is 13.0 Å². The van der Waals surface area contributed by atoms with E-state index in [-0.39, 0.29) is 0 Å². The molecule has 120 valence electrons. The van der Waals surface area contributed by atoms with Crippen LogP contribution in [0.5, 0.6) is 0 Å². The number of pyridine rings is 1. The molecule has 23 heavy (non-hydrogen) atoms. The third-order valence-corrected chi connectivity index (χ3v) is 4.54. The van der Waals surface area contributed by atoms with Gasteiger partial charge in [0.05, 0.1) is 11.3 Å². The minimum atomic E-state index is -0.899. The molecule has 1 saturated heterocycles. The summed E-state index contributed by atoms with van der Waals surface area (Å²) in [6.45, 7) is 2.91. The van der Waals surface area contributed by atoms with Crippen molar-refractivity contribution in [2.75, 3.05) is 13.1 Å². The highest BCUT2D eigenvalue weighted by Gasteiger charge is 2.24. The van der Waals surface area contributed by atoms with Crippen LogP contribution < -0.4 is 0 Å². The van der Waals surface area contributed by atoms with Crippen molar-refractivity contribution >= 4 is 17.6 Å². The predicted molar refractivity (Wildman–Crippen MR) is 89.7 cm³/mol. The minimum Gasteiger partial charge on any atom is -0.478 e. The zero-order valence-corrected chi connectivity index (χ0v) is 13.5. The molecule has 0 spiro atoms. The maximum Gasteiger partial charge on any atom is 0.337 e. The highest BCUT2D eigenvalue weighted by Crippen LogP contribution is 2.23. The number of aromatic nitrogens is 1. The number of rotatable bonds is 5. The van der Waals surface area contributed by atoms with E-state index >= 15 is 0 Å². The van der Waals surface area contributed by atoms with Crippen LogP contribution in [0.3, 0.4) is 0 Å². The zero-order valence-electron chi connectivity index (χ0n) is 12.8. The first-order valence-corrected chi connectivity index (χ1v) is 8.13. The van der Waals surface area contributed by atoms with Crippen LogP contribution in [-0.4, -0.2) is 34.0 Å². The fraction of sp³-hybridized carbons (Fsp3) is 0.333. The topological polar surface area (TPSA) is 53.4 Å². The molecule has 0 amide bonds. The zero-order chi connectivity index (χ0) is 16.2. The molecule has 1 aliphatic rings. The highest BCUT2D eigenvalue weighted by molar-refractivity contribution is 6.30. The maximum absolute atomic E-state index is 11.3. The lowest BCUT2D eigenvalue weighted by Crippen LogP contribution is -2.21. The first-order valence-electron chi connectivity index (χ1n) is 7.76. The summed E-state index contributed by atoms with van der Waals surface area (Å²) in [7, 11) is 0. The number of likely N-dealkylation sites (tertiary alicyclic amines) is 1. The summed E-state index contributed by atoms with van der Waals surface area (Å²) < 4.78 is 0. The van der Waals surface area contributed by atoms with Crippen molar-refractivity contribution in [3.63, 3.8) is 0 Å². The van der Waals surface area contributed by atoms with Gasteiger partial charge in [-0.05, 0) is 55.1 Å². The Morgan fingerprint density at radius 1 is 1.30 bits per heavy atom. The molecule has 0 radical (unpaired) electrons. The molecule has 2 heterocycles. The van der Waals surface area contributed by atoms with Gasteiger partial charge in [-0.2, -0.15) is 0 Å². The minimum absolute atomic E-state index is 0.323. The van der Waals surface area contributed by atoms with Gasteiger partial charge in [0, 0.05) is 24.3 Å². The summed E-state index contributed by atoms with van der Waals surface area (Å²) in [5.74, 6) is -0.445. The molecule has 0 aliphatic carbocycles. The van der Waals surface area contributed by atoms with Crippen molar-refractivity contribution < 1.29 is 9.90 Å². The van der Waals surface area contributed by atoms with E-state index in [1.54, 1.807) is 18.3 Å². The number of carboxylic acids is 1.